The van der Waals surface area contributed by atoms with E-state index in [0.717, 1.165) is 26.2 Å². The molecule has 0 bridgehead atoms. The maximum absolute atomic E-state index is 9.64. The Labute approximate surface area is 195 Å². The Kier molecular flexibility index (Phi) is 33.1. The van der Waals surface area contributed by atoms with E-state index in [-0.39, 0.29) is 38.5 Å². The van der Waals surface area contributed by atoms with Crippen LogP contribution in [-0.2, 0) is 28.8 Å². The SMILES string of the molecule is NCCNCCNCCN.O=C(O)CCC(=O)O.O=C(O)CCC(=O)O.O=C(O)CCC(=O)O. The average Bonchev–Trinajstić information content (AvgIpc) is 2.73. The summed E-state index contributed by atoms with van der Waals surface area (Å²) in [5.41, 5.74) is 10.5. The molecule has 0 fully saturated rings. The molecule has 0 aromatic carbocycles. The Morgan fingerprint density at radius 2 is 0.588 bits per heavy atom. The number of hydrogen-bond acceptors (Lipinski definition) is 10. The molecule has 34 heavy (non-hydrogen) atoms. The van der Waals surface area contributed by atoms with Gasteiger partial charge in [-0.05, 0) is 0 Å². The summed E-state index contributed by atoms with van der Waals surface area (Å²) in [6, 6.07) is 0. The molecule has 12 N–H and O–H groups in total. The van der Waals surface area contributed by atoms with Crippen molar-refractivity contribution in [2.75, 3.05) is 39.3 Å². The number of hydrogen-bond donors (Lipinski definition) is 10. The van der Waals surface area contributed by atoms with Crippen LogP contribution in [0.1, 0.15) is 38.5 Å². The van der Waals surface area contributed by atoms with Crippen LogP contribution in [0.2, 0.25) is 0 Å². The maximum Gasteiger partial charge on any atom is 0.303 e. The van der Waals surface area contributed by atoms with Gasteiger partial charge in [0.1, 0.15) is 0 Å². The van der Waals surface area contributed by atoms with Crippen LogP contribution in [0.25, 0.3) is 0 Å². The predicted molar refractivity (Wildman–Crippen MR) is 117 cm³/mol. The summed E-state index contributed by atoms with van der Waals surface area (Å²) in [5, 5.41) is 53.7. The summed E-state index contributed by atoms with van der Waals surface area (Å²) < 4.78 is 0. The molecule has 0 spiro atoms. The van der Waals surface area contributed by atoms with Crippen molar-refractivity contribution in [1.29, 1.82) is 0 Å². The Bertz CT molecular complexity index is 471. The van der Waals surface area contributed by atoms with Gasteiger partial charge in [0.2, 0.25) is 0 Å². The molecule has 0 aliphatic carbocycles. The monoisotopic (exact) mass is 500 g/mol. The van der Waals surface area contributed by atoms with Crippen LogP contribution in [0.5, 0.6) is 0 Å². The lowest BCUT2D eigenvalue weighted by molar-refractivity contribution is -0.143. The van der Waals surface area contributed by atoms with Gasteiger partial charge in [0, 0.05) is 39.3 Å². The molecule has 0 aliphatic rings. The van der Waals surface area contributed by atoms with Crippen molar-refractivity contribution in [3.8, 4) is 0 Å². The van der Waals surface area contributed by atoms with Gasteiger partial charge in [-0.25, -0.2) is 0 Å². The standard InChI is InChI=1S/C6H18N4.3C4H6O4/c7-1-3-9-5-6-10-4-2-8;3*5-3(6)1-2-4(7)8/h9-10H,1-8H2;3*1-2H2,(H,5,6)(H,7,8). The number of nitrogens with two attached hydrogens (primary N) is 2. The first kappa shape index (κ1) is 37.9. The number of carboxylic acids is 6. The van der Waals surface area contributed by atoms with Crippen LogP contribution in [0.4, 0.5) is 0 Å². The van der Waals surface area contributed by atoms with Gasteiger partial charge in [-0.2, -0.15) is 0 Å². The molecule has 200 valence electrons. The van der Waals surface area contributed by atoms with Crippen LogP contribution in [0.15, 0.2) is 0 Å². The molecule has 16 heteroatoms. The summed E-state index contributed by atoms with van der Waals surface area (Å²) in [7, 11) is 0. The molecular formula is C18H36N4O12. The summed E-state index contributed by atoms with van der Waals surface area (Å²) in [5.74, 6) is -6.46. The molecule has 0 atom stereocenters. The van der Waals surface area contributed by atoms with E-state index < -0.39 is 35.8 Å². The van der Waals surface area contributed by atoms with E-state index in [1.54, 1.807) is 0 Å². The highest BCUT2D eigenvalue weighted by atomic mass is 16.4. The van der Waals surface area contributed by atoms with Crippen molar-refractivity contribution in [1.82, 2.24) is 10.6 Å². The van der Waals surface area contributed by atoms with Gasteiger partial charge in [0.15, 0.2) is 0 Å². The van der Waals surface area contributed by atoms with Gasteiger partial charge < -0.3 is 52.7 Å². The summed E-state index contributed by atoms with van der Waals surface area (Å²) in [4.78, 5) is 57.8. The van der Waals surface area contributed by atoms with Crippen LogP contribution in [0.3, 0.4) is 0 Å². The second-order valence-electron chi connectivity index (χ2n) is 5.94. The first-order valence-electron chi connectivity index (χ1n) is 9.92. The second-order valence-corrected chi connectivity index (χ2v) is 5.94. The molecule has 0 aliphatic heterocycles. The quantitative estimate of drug-likeness (QED) is 0.101. The van der Waals surface area contributed by atoms with E-state index in [0.29, 0.717) is 13.1 Å². The Hall–Kier alpha value is -3.34. The van der Waals surface area contributed by atoms with E-state index in [9.17, 15) is 28.8 Å². The third-order valence-corrected chi connectivity index (χ3v) is 2.78. The van der Waals surface area contributed by atoms with E-state index in [4.69, 9.17) is 42.1 Å². The van der Waals surface area contributed by atoms with Crippen molar-refractivity contribution >= 4 is 35.8 Å². The molecule has 0 aromatic rings. The molecule has 0 amide bonds. The smallest absolute Gasteiger partial charge is 0.303 e. The second kappa shape index (κ2) is 29.7. The molecule has 0 heterocycles. The third-order valence-electron chi connectivity index (χ3n) is 2.78. The molecule has 0 aromatic heterocycles. The van der Waals surface area contributed by atoms with Crippen LogP contribution in [-0.4, -0.2) is 106 Å². The van der Waals surface area contributed by atoms with Crippen LogP contribution >= 0.6 is 0 Å². The first-order chi connectivity index (χ1) is 15.8. The molecule has 0 unspecified atom stereocenters. The zero-order chi connectivity index (χ0) is 27.4. The number of rotatable bonds is 16. The number of carboxylic acid groups (broad SMARTS) is 6. The minimum absolute atomic E-state index is 0.296. The molecule has 16 nitrogen and oxygen atoms in total. The largest absolute Gasteiger partial charge is 0.481 e. The van der Waals surface area contributed by atoms with Crippen molar-refractivity contribution < 1.29 is 59.4 Å². The highest BCUT2D eigenvalue weighted by molar-refractivity contribution is 5.76. The fourth-order valence-corrected chi connectivity index (χ4v) is 1.27. The number of aliphatic carboxylic acids is 6. The Morgan fingerprint density at radius 3 is 0.706 bits per heavy atom. The zero-order valence-electron chi connectivity index (χ0n) is 18.8. The Balaban J connectivity index is -0.000000177. The minimum Gasteiger partial charge on any atom is -0.481 e. The van der Waals surface area contributed by atoms with E-state index in [1.165, 1.54) is 0 Å². The van der Waals surface area contributed by atoms with E-state index >= 15 is 0 Å². The number of nitrogens with one attached hydrogen (secondary N) is 2. The van der Waals surface area contributed by atoms with E-state index in [1.807, 2.05) is 0 Å². The van der Waals surface area contributed by atoms with Crippen molar-refractivity contribution in [2.24, 2.45) is 11.5 Å². The van der Waals surface area contributed by atoms with Gasteiger partial charge in [0.25, 0.3) is 0 Å². The molecule has 0 rings (SSSR count). The fourth-order valence-electron chi connectivity index (χ4n) is 1.27. The van der Waals surface area contributed by atoms with E-state index in [2.05, 4.69) is 10.6 Å². The Morgan fingerprint density at radius 1 is 0.412 bits per heavy atom. The van der Waals surface area contributed by atoms with Crippen molar-refractivity contribution in [3.05, 3.63) is 0 Å². The number of carbonyl (C=O) groups is 6. The lowest BCUT2D eigenvalue weighted by atomic mass is 10.3. The normalized spacial score (nSPS) is 9.00. The summed E-state index contributed by atoms with van der Waals surface area (Å²) in [6.45, 7) is 5.14. The lowest BCUT2D eigenvalue weighted by Gasteiger charge is -2.03. The van der Waals surface area contributed by atoms with Crippen LogP contribution in [0, 0.1) is 0 Å². The zero-order valence-corrected chi connectivity index (χ0v) is 18.8. The predicted octanol–water partition coefficient (Wildman–Crippen LogP) is -2.11. The highest BCUT2D eigenvalue weighted by Gasteiger charge is 2.01. The van der Waals surface area contributed by atoms with Gasteiger partial charge in [-0.1, -0.05) is 0 Å². The lowest BCUT2D eigenvalue weighted by Crippen LogP contribution is -2.32. The van der Waals surface area contributed by atoms with Crippen molar-refractivity contribution in [2.45, 2.75) is 38.5 Å². The van der Waals surface area contributed by atoms with Gasteiger partial charge in [0.05, 0.1) is 38.5 Å². The van der Waals surface area contributed by atoms with Crippen molar-refractivity contribution in [3.63, 3.8) is 0 Å². The molecule has 0 saturated carbocycles. The third kappa shape index (κ3) is 63.0. The van der Waals surface area contributed by atoms with Gasteiger partial charge in [-0.15, -0.1) is 0 Å². The molecular weight excluding hydrogens is 464 g/mol. The fraction of sp³-hybridized carbons (Fsp3) is 0.667. The van der Waals surface area contributed by atoms with Crippen LogP contribution < -0.4 is 22.1 Å². The summed E-state index contributed by atoms with van der Waals surface area (Å²) >= 11 is 0. The minimum atomic E-state index is -1.08. The van der Waals surface area contributed by atoms with Gasteiger partial charge >= 0.3 is 35.8 Å². The highest BCUT2D eigenvalue weighted by Crippen LogP contribution is 1.87. The topological polar surface area (TPSA) is 300 Å². The van der Waals surface area contributed by atoms with Gasteiger partial charge in [-0.3, -0.25) is 28.8 Å². The first-order valence-corrected chi connectivity index (χ1v) is 9.92. The molecule has 0 saturated heterocycles. The average molecular weight is 501 g/mol. The molecule has 0 radical (unpaired) electrons. The maximum atomic E-state index is 9.64. The summed E-state index contributed by atoms with van der Waals surface area (Å²) in [6.07, 6.45) is -1.78.